The molecule has 0 radical (unpaired) electrons. The molecule has 0 aliphatic heterocycles. The molecule has 1 amide bonds. The molecule has 0 heterocycles. The number of fused-ring (bicyclic) bond motifs is 1. The van der Waals surface area contributed by atoms with Crippen molar-refractivity contribution in [3.8, 4) is 0 Å². The zero-order valence-electron chi connectivity index (χ0n) is 12.1. The van der Waals surface area contributed by atoms with Gasteiger partial charge in [0.2, 0.25) is 5.91 Å². The van der Waals surface area contributed by atoms with Crippen LogP contribution in [0.25, 0.3) is 0 Å². The van der Waals surface area contributed by atoms with Gasteiger partial charge in [-0.15, -0.1) is 0 Å². The lowest BCUT2D eigenvalue weighted by Gasteiger charge is -2.17. The summed E-state index contributed by atoms with van der Waals surface area (Å²) in [6, 6.07) is 6.07. The summed E-state index contributed by atoms with van der Waals surface area (Å²) in [5.41, 5.74) is 3.79. The highest BCUT2D eigenvalue weighted by molar-refractivity contribution is 5.80. The van der Waals surface area contributed by atoms with E-state index in [4.69, 9.17) is 5.11 Å². The van der Waals surface area contributed by atoms with Crippen LogP contribution in [0, 0.1) is 5.92 Å². The molecule has 0 saturated heterocycles. The first kappa shape index (κ1) is 14.1. The smallest absolute Gasteiger partial charge is 0.308 e. The molecule has 2 aliphatic carbocycles. The number of hydrogen-bond donors (Lipinski definition) is 2. The van der Waals surface area contributed by atoms with Crippen LogP contribution in [-0.4, -0.2) is 23.0 Å². The molecular weight excluding hydrogens is 266 g/mol. The summed E-state index contributed by atoms with van der Waals surface area (Å²) in [7, 11) is 0. The monoisotopic (exact) mass is 287 g/mol. The third kappa shape index (κ3) is 3.09. The Bertz CT molecular complexity index is 567. The van der Waals surface area contributed by atoms with E-state index in [-0.39, 0.29) is 11.9 Å². The van der Waals surface area contributed by atoms with E-state index in [0.717, 1.165) is 31.2 Å². The molecule has 1 saturated carbocycles. The van der Waals surface area contributed by atoms with Crippen molar-refractivity contribution in [2.45, 2.75) is 51.0 Å². The number of rotatable bonds is 4. The summed E-state index contributed by atoms with van der Waals surface area (Å²) >= 11 is 0. The second-order valence-electron chi connectivity index (χ2n) is 6.18. The molecule has 4 heteroatoms. The largest absolute Gasteiger partial charge is 0.481 e. The highest BCUT2D eigenvalue weighted by Gasteiger charge is 2.33. The van der Waals surface area contributed by atoms with Crippen molar-refractivity contribution in [3.05, 3.63) is 34.9 Å². The molecule has 112 valence electrons. The zero-order valence-corrected chi connectivity index (χ0v) is 12.1. The van der Waals surface area contributed by atoms with Crippen molar-refractivity contribution >= 4 is 11.9 Å². The molecule has 0 aromatic heterocycles. The fraction of sp³-hybridized carbons (Fsp3) is 0.529. The topological polar surface area (TPSA) is 66.4 Å². The number of aliphatic carboxylic acids is 1. The van der Waals surface area contributed by atoms with E-state index < -0.39 is 11.9 Å². The normalized spacial score (nSPS) is 23.8. The number of carboxylic acids is 1. The maximum atomic E-state index is 12.1. The maximum absolute atomic E-state index is 12.1. The standard InChI is InChI=1S/C17H21NO3/c19-16(18-15-6-2-5-14(15)17(20)21)10-11-7-8-12-3-1-4-13(12)9-11/h7-9,14-15H,1-6,10H2,(H,18,19)(H,20,21)/t14-,15+/m1/s1. The van der Waals surface area contributed by atoms with Gasteiger partial charge < -0.3 is 10.4 Å². The van der Waals surface area contributed by atoms with E-state index in [1.54, 1.807) is 0 Å². The molecule has 21 heavy (non-hydrogen) atoms. The molecule has 0 bridgehead atoms. The van der Waals surface area contributed by atoms with Crippen molar-refractivity contribution < 1.29 is 14.7 Å². The third-order valence-electron chi connectivity index (χ3n) is 4.71. The Hall–Kier alpha value is -1.84. The van der Waals surface area contributed by atoms with E-state index in [9.17, 15) is 9.59 Å². The number of carbonyl (C=O) groups is 2. The van der Waals surface area contributed by atoms with E-state index in [2.05, 4.69) is 17.4 Å². The van der Waals surface area contributed by atoms with Gasteiger partial charge in [0.1, 0.15) is 0 Å². The summed E-state index contributed by atoms with van der Waals surface area (Å²) in [5, 5.41) is 12.0. The second kappa shape index (κ2) is 5.88. The highest BCUT2D eigenvalue weighted by atomic mass is 16.4. The van der Waals surface area contributed by atoms with Gasteiger partial charge in [-0.25, -0.2) is 0 Å². The molecule has 2 N–H and O–H groups in total. The third-order valence-corrected chi connectivity index (χ3v) is 4.71. The Morgan fingerprint density at radius 1 is 1.14 bits per heavy atom. The maximum Gasteiger partial charge on any atom is 0.308 e. The molecule has 0 spiro atoms. The number of carboxylic acid groups (broad SMARTS) is 1. The van der Waals surface area contributed by atoms with Crippen molar-refractivity contribution in [1.82, 2.24) is 5.32 Å². The number of benzene rings is 1. The average Bonchev–Trinajstić information content (AvgIpc) is 3.06. The Morgan fingerprint density at radius 2 is 1.95 bits per heavy atom. The van der Waals surface area contributed by atoms with Crippen molar-refractivity contribution in [3.63, 3.8) is 0 Å². The number of aryl methyl sites for hydroxylation is 2. The molecule has 0 unspecified atom stereocenters. The Morgan fingerprint density at radius 3 is 2.76 bits per heavy atom. The molecule has 2 aliphatic rings. The van der Waals surface area contributed by atoms with Gasteiger partial charge in [-0.05, 0) is 48.8 Å². The van der Waals surface area contributed by atoms with Gasteiger partial charge in [0.25, 0.3) is 0 Å². The Kier molecular flexibility index (Phi) is 3.95. The van der Waals surface area contributed by atoms with E-state index in [1.165, 1.54) is 17.5 Å². The minimum atomic E-state index is -0.796. The van der Waals surface area contributed by atoms with Crippen LogP contribution in [0.2, 0.25) is 0 Å². The summed E-state index contributed by atoms with van der Waals surface area (Å²) < 4.78 is 0. The predicted molar refractivity (Wildman–Crippen MR) is 79.1 cm³/mol. The van der Waals surface area contributed by atoms with Gasteiger partial charge in [0.15, 0.2) is 0 Å². The minimum Gasteiger partial charge on any atom is -0.481 e. The van der Waals surface area contributed by atoms with Crippen LogP contribution in [0.1, 0.15) is 42.4 Å². The molecule has 1 fully saturated rings. The molecule has 1 aromatic rings. The van der Waals surface area contributed by atoms with Gasteiger partial charge in [-0.2, -0.15) is 0 Å². The first-order valence-electron chi connectivity index (χ1n) is 7.76. The zero-order chi connectivity index (χ0) is 14.8. The lowest BCUT2D eigenvalue weighted by atomic mass is 10.0. The minimum absolute atomic E-state index is 0.0638. The number of amides is 1. The van der Waals surface area contributed by atoms with Crippen LogP contribution in [0.15, 0.2) is 18.2 Å². The van der Waals surface area contributed by atoms with Gasteiger partial charge in [-0.3, -0.25) is 9.59 Å². The van der Waals surface area contributed by atoms with E-state index in [0.29, 0.717) is 12.8 Å². The molecule has 3 rings (SSSR count). The fourth-order valence-electron chi connectivity index (χ4n) is 3.61. The number of carbonyl (C=O) groups excluding carboxylic acids is 1. The van der Waals surface area contributed by atoms with Crippen LogP contribution < -0.4 is 5.32 Å². The van der Waals surface area contributed by atoms with Crippen LogP contribution in [0.5, 0.6) is 0 Å². The van der Waals surface area contributed by atoms with Crippen molar-refractivity contribution in [2.75, 3.05) is 0 Å². The van der Waals surface area contributed by atoms with Gasteiger partial charge in [0, 0.05) is 6.04 Å². The molecule has 1 aromatic carbocycles. The SMILES string of the molecule is O=C(Cc1ccc2c(c1)CCC2)N[C@H]1CCC[C@H]1C(=O)O. The highest BCUT2D eigenvalue weighted by Crippen LogP contribution is 2.26. The van der Waals surface area contributed by atoms with Gasteiger partial charge in [0.05, 0.1) is 12.3 Å². The summed E-state index contributed by atoms with van der Waals surface area (Å²) in [6.07, 6.45) is 6.11. The lowest BCUT2D eigenvalue weighted by molar-refractivity contribution is -0.142. The summed E-state index contributed by atoms with van der Waals surface area (Å²) in [5.74, 6) is -1.28. The first-order valence-corrected chi connectivity index (χ1v) is 7.76. The van der Waals surface area contributed by atoms with Crippen LogP contribution in [0.3, 0.4) is 0 Å². The summed E-state index contributed by atoms with van der Waals surface area (Å²) in [6.45, 7) is 0. The Balaban J connectivity index is 1.60. The van der Waals surface area contributed by atoms with Crippen LogP contribution >= 0.6 is 0 Å². The van der Waals surface area contributed by atoms with Crippen molar-refractivity contribution in [1.29, 1.82) is 0 Å². The molecule has 4 nitrogen and oxygen atoms in total. The van der Waals surface area contributed by atoms with Crippen LogP contribution in [-0.2, 0) is 28.9 Å². The lowest BCUT2D eigenvalue weighted by Crippen LogP contribution is -2.40. The van der Waals surface area contributed by atoms with Crippen LogP contribution in [0.4, 0.5) is 0 Å². The van der Waals surface area contributed by atoms with E-state index >= 15 is 0 Å². The Labute approximate surface area is 124 Å². The number of hydrogen-bond acceptors (Lipinski definition) is 2. The fourth-order valence-corrected chi connectivity index (χ4v) is 3.61. The molecular formula is C17H21NO3. The molecule has 2 atom stereocenters. The predicted octanol–water partition coefficient (Wildman–Crippen LogP) is 2.09. The van der Waals surface area contributed by atoms with Crippen molar-refractivity contribution in [2.24, 2.45) is 5.92 Å². The first-order chi connectivity index (χ1) is 10.1. The summed E-state index contributed by atoms with van der Waals surface area (Å²) in [4.78, 5) is 23.3. The number of nitrogens with one attached hydrogen (secondary N) is 1. The second-order valence-corrected chi connectivity index (χ2v) is 6.18. The van der Waals surface area contributed by atoms with E-state index in [1.807, 2.05) is 6.07 Å². The van der Waals surface area contributed by atoms with Gasteiger partial charge in [-0.1, -0.05) is 24.6 Å². The quantitative estimate of drug-likeness (QED) is 0.891. The average molecular weight is 287 g/mol. The van der Waals surface area contributed by atoms with Gasteiger partial charge >= 0.3 is 5.97 Å².